The van der Waals surface area contributed by atoms with Crippen molar-refractivity contribution in [1.82, 2.24) is 0 Å². The molecule has 2 N–H and O–H groups in total. The van der Waals surface area contributed by atoms with Crippen LogP contribution < -0.4 is 0 Å². The highest BCUT2D eigenvalue weighted by atomic mass is 16.6. The summed E-state index contributed by atoms with van der Waals surface area (Å²) >= 11 is 0. The van der Waals surface area contributed by atoms with Gasteiger partial charge in [0, 0.05) is 19.3 Å². The van der Waals surface area contributed by atoms with Gasteiger partial charge in [0.1, 0.15) is 12.7 Å². The van der Waals surface area contributed by atoms with Gasteiger partial charge >= 0.3 is 5.97 Å². The minimum atomic E-state index is -0.834. The zero-order valence-electron chi connectivity index (χ0n) is 11.0. The highest BCUT2D eigenvalue weighted by Crippen LogP contribution is 2.08. The van der Waals surface area contributed by atoms with E-state index in [9.17, 15) is 9.90 Å². The van der Waals surface area contributed by atoms with Gasteiger partial charge in [0.05, 0.1) is 12.9 Å². The molecule has 0 aromatic rings. The predicted octanol–water partition coefficient (Wildman–Crippen LogP) is 0.394. The summed E-state index contributed by atoms with van der Waals surface area (Å²) in [4.78, 5) is 11.1. The monoisotopic (exact) mass is 274 g/mol. The third kappa shape index (κ3) is 8.36. The lowest BCUT2D eigenvalue weighted by atomic mass is 10.2. The molecule has 0 aromatic carbocycles. The Hall–Kier alpha value is -1.37. The average molecular weight is 274 g/mol. The number of rotatable bonds is 12. The number of hydrogen-bond donors (Lipinski definition) is 2. The van der Waals surface area contributed by atoms with Crippen LogP contribution in [-0.4, -0.2) is 54.8 Å². The van der Waals surface area contributed by atoms with Gasteiger partial charge in [-0.3, -0.25) is 0 Å². The highest BCUT2D eigenvalue weighted by Gasteiger charge is 2.25. The van der Waals surface area contributed by atoms with Crippen LogP contribution in [0.1, 0.15) is 12.8 Å². The van der Waals surface area contributed by atoms with Crippen LogP contribution in [0.15, 0.2) is 25.5 Å². The summed E-state index contributed by atoms with van der Waals surface area (Å²) in [5, 5.41) is 17.9. The van der Waals surface area contributed by atoms with Crippen LogP contribution in [0, 0.1) is 0 Å². The van der Waals surface area contributed by atoms with E-state index in [0.717, 1.165) is 6.08 Å². The first-order chi connectivity index (χ1) is 9.19. The summed E-state index contributed by atoms with van der Waals surface area (Å²) in [6, 6.07) is 0. The van der Waals surface area contributed by atoms with Crippen molar-refractivity contribution in [2.24, 2.45) is 0 Å². The number of esters is 1. The zero-order chi connectivity index (χ0) is 14.5. The number of unbranched alkanes of at least 4 members (excludes halogenated alkanes) is 1. The van der Waals surface area contributed by atoms with Crippen molar-refractivity contribution in [1.29, 1.82) is 0 Å². The number of carbonyl (C=O) groups excluding carboxylic acids is 1. The Morgan fingerprint density at radius 1 is 1.21 bits per heavy atom. The normalized spacial score (nSPS) is 13.4. The second kappa shape index (κ2) is 11.7. The van der Waals surface area contributed by atoms with Gasteiger partial charge in [-0.05, 0) is 12.8 Å². The maximum absolute atomic E-state index is 11.1. The molecule has 0 amide bonds. The Kier molecular flexibility index (Phi) is 10.9. The van der Waals surface area contributed by atoms with Crippen LogP contribution >= 0.6 is 0 Å². The summed E-state index contributed by atoms with van der Waals surface area (Å²) in [7, 11) is 0. The molecule has 0 aliphatic rings. The van der Waals surface area contributed by atoms with Crippen LogP contribution in [0.25, 0.3) is 0 Å². The average Bonchev–Trinajstić information content (AvgIpc) is 2.44. The van der Waals surface area contributed by atoms with Crippen molar-refractivity contribution in [3.8, 4) is 0 Å². The molecule has 0 aromatic heterocycles. The van der Waals surface area contributed by atoms with Gasteiger partial charge in [0.25, 0.3) is 0 Å². The maximum Gasteiger partial charge on any atom is 0.330 e. The molecule has 0 bridgehead atoms. The second-order valence-electron chi connectivity index (χ2n) is 3.70. The summed E-state index contributed by atoms with van der Waals surface area (Å²) in [6.07, 6.45) is 2.10. The minimum Gasteiger partial charge on any atom is -0.499 e. The molecule has 110 valence electrons. The summed E-state index contributed by atoms with van der Waals surface area (Å²) in [5.74, 6) is -0.637. The molecule has 0 radical (unpaired) electrons. The number of ether oxygens (including phenoxy) is 3. The smallest absolute Gasteiger partial charge is 0.330 e. The molecule has 19 heavy (non-hydrogen) atoms. The molecule has 0 saturated carbocycles. The lowest BCUT2D eigenvalue weighted by Gasteiger charge is -2.25. The van der Waals surface area contributed by atoms with Crippen molar-refractivity contribution >= 4 is 5.97 Å². The van der Waals surface area contributed by atoms with Gasteiger partial charge in [-0.15, -0.1) is 0 Å². The summed E-state index contributed by atoms with van der Waals surface area (Å²) < 4.78 is 15.5. The van der Waals surface area contributed by atoms with E-state index in [1.54, 1.807) is 0 Å². The predicted molar refractivity (Wildman–Crippen MR) is 69.4 cm³/mol. The van der Waals surface area contributed by atoms with Gasteiger partial charge in [-0.2, -0.15) is 0 Å². The van der Waals surface area contributed by atoms with Crippen molar-refractivity contribution < 1.29 is 29.2 Å². The van der Waals surface area contributed by atoms with Crippen molar-refractivity contribution in [3.63, 3.8) is 0 Å². The van der Waals surface area contributed by atoms with Crippen LogP contribution in [0.2, 0.25) is 0 Å². The van der Waals surface area contributed by atoms with Crippen molar-refractivity contribution in [2.45, 2.75) is 25.0 Å². The lowest BCUT2D eigenvalue weighted by molar-refractivity contribution is -0.158. The molecule has 0 aliphatic carbocycles. The maximum atomic E-state index is 11.1. The first-order valence-electron chi connectivity index (χ1n) is 6.08. The molecule has 0 spiro atoms. The van der Waals surface area contributed by atoms with Crippen molar-refractivity contribution in [2.75, 3.05) is 26.4 Å². The molecular formula is C13H22O6. The molecule has 0 fully saturated rings. The van der Waals surface area contributed by atoms with Gasteiger partial charge in [0.2, 0.25) is 0 Å². The fraction of sp³-hybridized carbons (Fsp3) is 0.615. The van der Waals surface area contributed by atoms with E-state index in [2.05, 4.69) is 13.2 Å². The Morgan fingerprint density at radius 3 is 2.47 bits per heavy atom. The molecule has 0 rings (SSSR count). The third-order valence-corrected chi connectivity index (χ3v) is 2.29. The van der Waals surface area contributed by atoms with Gasteiger partial charge in [-0.25, -0.2) is 4.79 Å². The first-order valence-corrected chi connectivity index (χ1v) is 6.08. The molecule has 0 unspecified atom stereocenters. The van der Waals surface area contributed by atoms with E-state index < -0.39 is 18.2 Å². The molecule has 0 heterocycles. The first kappa shape index (κ1) is 17.6. The van der Waals surface area contributed by atoms with Crippen molar-refractivity contribution in [3.05, 3.63) is 25.5 Å². The summed E-state index contributed by atoms with van der Waals surface area (Å²) in [6.45, 7) is 6.87. The Morgan fingerprint density at radius 2 is 1.95 bits per heavy atom. The molecule has 0 aliphatic heterocycles. The second-order valence-corrected chi connectivity index (χ2v) is 3.70. The Labute approximate surface area is 113 Å². The number of aliphatic hydroxyl groups excluding tert-OH is 2. The van der Waals surface area contributed by atoms with E-state index in [0.29, 0.717) is 19.4 Å². The van der Waals surface area contributed by atoms with Gasteiger partial charge < -0.3 is 24.4 Å². The number of aliphatic hydroxyl groups is 2. The van der Waals surface area contributed by atoms with E-state index in [1.165, 1.54) is 6.26 Å². The van der Waals surface area contributed by atoms with Crippen LogP contribution in [0.3, 0.4) is 0 Å². The van der Waals surface area contributed by atoms with E-state index in [-0.39, 0.29) is 19.8 Å². The third-order valence-electron chi connectivity index (χ3n) is 2.29. The van der Waals surface area contributed by atoms with E-state index in [1.807, 2.05) is 0 Å². The molecule has 0 saturated heterocycles. The van der Waals surface area contributed by atoms with Crippen LogP contribution in [0.5, 0.6) is 0 Å². The number of carbonyl (C=O) groups is 1. The number of hydrogen-bond acceptors (Lipinski definition) is 6. The quantitative estimate of drug-likeness (QED) is 0.232. The van der Waals surface area contributed by atoms with Gasteiger partial charge in [0.15, 0.2) is 6.10 Å². The molecule has 2 atom stereocenters. The van der Waals surface area contributed by atoms with E-state index >= 15 is 0 Å². The SMILES string of the molecule is C=COC[C@@H](OCCCCO)[C@H](CO)OC(=O)C=C. The topological polar surface area (TPSA) is 85.2 Å². The Bertz CT molecular complexity index is 266. The zero-order valence-corrected chi connectivity index (χ0v) is 11.0. The fourth-order valence-corrected chi connectivity index (χ4v) is 1.30. The Balaban J connectivity index is 4.35. The minimum absolute atomic E-state index is 0.0893. The summed E-state index contributed by atoms with van der Waals surface area (Å²) in [5.41, 5.74) is 0. The highest BCUT2D eigenvalue weighted by molar-refractivity contribution is 5.81. The van der Waals surface area contributed by atoms with Gasteiger partial charge in [-0.1, -0.05) is 13.2 Å². The van der Waals surface area contributed by atoms with Crippen LogP contribution in [0.4, 0.5) is 0 Å². The molecular weight excluding hydrogens is 252 g/mol. The lowest BCUT2D eigenvalue weighted by Crippen LogP contribution is -2.39. The molecule has 6 heteroatoms. The standard InChI is InChI=1S/C13H22O6/c1-3-13(16)19-11(9-15)12(10-17-4-2)18-8-6-5-7-14/h3-4,11-12,14-15H,1-2,5-10H2/t11-,12+/m0/s1. The largest absolute Gasteiger partial charge is 0.499 e. The van der Waals surface area contributed by atoms with E-state index in [4.69, 9.17) is 19.3 Å². The fourth-order valence-electron chi connectivity index (χ4n) is 1.30. The molecule has 6 nitrogen and oxygen atoms in total. The van der Waals surface area contributed by atoms with Crippen LogP contribution in [-0.2, 0) is 19.0 Å².